The topological polar surface area (TPSA) is 101 Å². The molecule has 0 bridgehead atoms. The maximum absolute atomic E-state index is 14.9. The third-order valence-electron chi connectivity index (χ3n) is 8.57. The van der Waals surface area contributed by atoms with E-state index in [0.717, 1.165) is 24.3 Å². The zero-order valence-electron chi connectivity index (χ0n) is 22.0. The standard InChI is InChI=1S/C26H24F8N2O5S2/c27-17-2-4-18(5-3-17)43(40,41)23-9-10-36(22(37)15-7-11-42(38,39)12-8-15)21(23)14-35-20-13-16(1-6-19(20)23)24(28,25(29,30)31)26(32,33)34/h1-6,13,15,21,35H,7-12,14H2. The minimum atomic E-state index is -6.40. The molecule has 0 aliphatic carbocycles. The van der Waals surface area contributed by atoms with Gasteiger partial charge >= 0.3 is 18.0 Å². The Morgan fingerprint density at radius 2 is 1.51 bits per heavy atom. The van der Waals surface area contributed by atoms with Crippen LogP contribution in [0.2, 0.25) is 0 Å². The van der Waals surface area contributed by atoms with Gasteiger partial charge in [0.05, 0.1) is 22.4 Å². The van der Waals surface area contributed by atoms with Crippen molar-refractivity contribution in [2.24, 2.45) is 5.92 Å². The molecule has 2 atom stereocenters. The number of likely N-dealkylation sites (tertiary alicyclic amines) is 1. The van der Waals surface area contributed by atoms with Gasteiger partial charge in [0, 0.05) is 30.3 Å². The smallest absolute Gasteiger partial charge is 0.383 e. The highest BCUT2D eigenvalue weighted by atomic mass is 32.2. The van der Waals surface area contributed by atoms with Crippen LogP contribution < -0.4 is 5.32 Å². The zero-order chi connectivity index (χ0) is 31.8. The molecule has 236 valence electrons. The van der Waals surface area contributed by atoms with Gasteiger partial charge in [-0.05, 0) is 55.2 Å². The van der Waals surface area contributed by atoms with E-state index in [1.807, 2.05) is 0 Å². The summed E-state index contributed by atoms with van der Waals surface area (Å²) >= 11 is 0. The van der Waals surface area contributed by atoms with Gasteiger partial charge < -0.3 is 10.2 Å². The molecule has 3 aliphatic rings. The maximum Gasteiger partial charge on any atom is 0.435 e. The van der Waals surface area contributed by atoms with Crippen LogP contribution in [0, 0.1) is 11.7 Å². The fraction of sp³-hybridized carbons (Fsp3) is 0.500. The number of sulfone groups is 2. The second-order valence-electron chi connectivity index (χ2n) is 10.9. The first-order chi connectivity index (χ1) is 19.8. The summed E-state index contributed by atoms with van der Waals surface area (Å²) in [5, 5.41) is 2.59. The number of rotatable bonds is 4. The summed E-state index contributed by atoms with van der Waals surface area (Å²) in [6, 6.07) is 3.53. The average Bonchev–Trinajstić information content (AvgIpc) is 3.32. The van der Waals surface area contributed by atoms with Crippen LogP contribution in [0.4, 0.5) is 40.8 Å². The van der Waals surface area contributed by atoms with Crippen molar-refractivity contribution in [3.8, 4) is 0 Å². The Balaban J connectivity index is 1.65. The SMILES string of the molecule is O=C(C1CCS(=O)(=O)CC1)N1CCC2(S(=O)(=O)c3ccc(F)cc3)c3ccc(C(F)(C(F)(F)F)C(F)(F)F)cc3NCC12. The number of fused-ring (bicyclic) bond motifs is 3. The number of nitrogens with zero attached hydrogens (tertiary/aromatic N) is 1. The first-order valence-corrected chi connectivity index (χ1v) is 16.3. The van der Waals surface area contributed by atoms with E-state index in [2.05, 4.69) is 5.32 Å². The summed E-state index contributed by atoms with van der Waals surface area (Å²) in [6.45, 7) is -0.654. The number of halogens is 8. The number of anilines is 1. The predicted molar refractivity (Wildman–Crippen MR) is 137 cm³/mol. The van der Waals surface area contributed by atoms with Crippen molar-refractivity contribution >= 4 is 31.3 Å². The van der Waals surface area contributed by atoms with Crippen LogP contribution in [-0.4, -0.2) is 70.6 Å². The van der Waals surface area contributed by atoms with E-state index in [4.69, 9.17) is 0 Å². The van der Waals surface area contributed by atoms with Crippen LogP contribution >= 0.6 is 0 Å². The summed E-state index contributed by atoms with van der Waals surface area (Å²) in [7, 11) is -7.99. The molecule has 2 saturated heterocycles. The molecule has 0 radical (unpaired) electrons. The normalized spacial score (nSPS) is 24.7. The van der Waals surface area contributed by atoms with E-state index in [9.17, 15) is 56.8 Å². The number of benzene rings is 2. The first-order valence-electron chi connectivity index (χ1n) is 13.0. The molecule has 2 unspecified atom stereocenters. The predicted octanol–water partition coefficient (Wildman–Crippen LogP) is 4.64. The fourth-order valence-corrected chi connectivity index (χ4v) is 10.1. The molecule has 2 aromatic carbocycles. The quantitative estimate of drug-likeness (QED) is 0.379. The number of alkyl halides is 7. The lowest BCUT2D eigenvalue weighted by atomic mass is 9.83. The van der Waals surface area contributed by atoms with Crippen molar-refractivity contribution in [2.45, 2.75) is 53.0 Å². The monoisotopic (exact) mass is 660 g/mol. The van der Waals surface area contributed by atoms with E-state index in [0.29, 0.717) is 6.07 Å². The maximum atomic E-state index is 14.9. The molecule has 1 N–H and O–H groups in total. The fourth-order valence-electron chi connectivity index (χ4n) is 6.34. The summed E-state index contributed by atoms with van der Waals surface area (Å²) in [5.41, 5.74) is -8.38. The second-order valence-corrected chi connectivity index (χ2v) is 15.4. The van der Waals surface area contributed by atoms with Gasteiger partial charge in [0.15, 0.2) is 9.84 Å². The van der Waals surface area contributed by atoms with Gasteiger partial charge in [0.2, 0.25) is 5.91 Å². The van der Waals surface area contributed by atoms with Gasteiger partial charge in [-0.2, -0.15) is 26.3 Å². The van der Waals surface area contributed by atoms with Gasteiger partial charge in [-0.25, -0.2) is 25.6 Å². The van der Waals surface area contributed by atoms with Crippen molar-refractivity contribution in [2.75, 3.05) is 29.9 Å². The largest absolute Gasteiger partial charge is 0.435 e. The molecule has 3 heterocycles. The summed E-state index contributed by atoms with van der Waals surface area (Å²) in [5.74, 6) is -2.60. The van der Waals surface area contributed by atoms with Gasteiger partial charge in [0.25, 0.3) is 0 Å². The van der Waals surface area contributed by atoms with Gasteiger partial charge in [-0.15, -0.1) is 0 Å². The van der Waals surface area contributed by atoms with Crippen molar-refractivity contribution in [3.05, 3.63) is 59.4 Å². The summed E-state index contributed by atoms with van der Waals surface area (Å²) in [6.07, 6.45) is -13.2. The molecular weight excluding hydrogens is 636 g/mol. The molecule has 7 nitrogen and oxygen atoms in total. The second kappa shape index (κ2) is 10.0. The van der Waals surface area contributed by atoms with E-state index < -0.39 is 88.8 Å². The molecule has 1 amide bonds. The lowest BCUT2D eigenvalue weighted by Gasteiger charge is -2.44. The minimum absolute atomic E-state index is 0.0110. The molecule has 2 aromatic rings. The highest BCUT2D eigenvalue weighted by molar-refractivity contribution is 7.92. The van der Waals surface area contributed by atoms with E-state index in [1.54, 1.807) is 0 Å². The van der Waals surface area contributed by atoms with Gasteiger partial charge in [0.1, 0.15) is 20.4 Å². The number of carbonyl (C=O) groups excluding carboxylic acids is 1. The highest BCUT2D eigenvalue weighted by Gasteiger charge is 2.74. The lowest BCUT2D eigenvalue weighted by Crippen LogP contribution is -2.56. The van der Waals surface area contributed by atoms with Crippen molar-refractivity contribution in [3.63, 3.8) is 0 Å². The highest BCUT2D eigenvalue weighted by Crippen LogP contribution is 2.57. The molecular formula is C26H24F8N2O5S2. The Kier molecular flexibility index (Phi) is 7.35. The Labute approximate surface area is 241 Å². The molecule has 0 saturated carbocycles. The van der Waals surface area contributed by atoms with Crippen molar-refractivity contribution in [1.29, 1.82) is 0 Å². The van der Waals surface area contributed by atoms with E-state index in [1.165, 1.54) is 4.90 Å². The molecule has 2 fully saturated rings. The number of hydrogen-bond acceptors (Lipinski definition) is 6. The Morgan fingerprint density at radius 1 is 0.930 bits per heavy atom. The molecule has 5 rings (SSSR count). The molecule has 43 heavy (non-hydrogen) atoms. The van der Waals surface area contributed by atoms with Crippen LogP contribution in [0.5, 0.6) is 0 Å². The summed E-state index contributed by atoms with van der Waals surface area (Å²) < 4.78 is 160. The number of amides is 1. The molecule has 0 aromatic heterocycles. The Bertz CT molecular complexity index is 1630. The third kappa shape index (κ3) is 4.77. The Morgan fingerprint density at radius 3 is 2.07 bits per heavy atom. The third-order valence-corrected chi connectivity index (χ3v) is 12.8. The van der Waals surface area contributed by atoms with Crippen LogP contribution in [0.3, 0.4) is 0 Å². The minimum Gasteiger partial charge on any atom is -0.383 e. The number of carbonyl (C=O) groups is 1. The zero-order valence-corrected chi connectivity index (χ0v) is 23.6. The molecule has 3 aliphatic heterocycles. The first kappa shape index (κ1) is 31.5. The van der Waals surface area contributed by atoms with Crippen LogP contribution in [0.15, 0.2) is 47.4 Å². The lowest BCUT2D eigenvalue weighted by molar-refractivity contribution is -0.348. The van der Waals surface area contributed by atoms with Gasteiger partial charge in [-0.3, -0.25) is 4.79 Å². The van der Waals surface area contributed by atoms with E-state index >= 15 is 0 Å². The van der Waals surface area contributed by atoms with E-state index in [-0.39, 0.29) is 55.0 Å². The average molecular weight is 661 g/mol. The Hall–Kier alpha value is -2.95. The molecule has 17 heteroatoms. The van der Waals surface area contributed by atoms with Crippen LogP contribution in [0.25, 0.3) is 0 Å². The van der Waals surface area contributed by atoms with Crippen LogP contribution in [-0.2, 0) is 34.9 Å². The molecule has 0 spiro atoms. The summed E-state index contributed by atoms with van der Waals surface area (Å²) in [4.78, 5) is 14.4. The van der Waals surface area contributed by atoms with Crippen molar-refractivity contribution < 1.29 is 56.8 Å². The number of hydrogen-bond donors (Lipinski definition) is 1. The van der Waals surface area contributed by atoms with Crippen molar-refractivity contribution in [1.82, 2.24) is 4.90 Å². The van der Waals surface area contributed by atoms with Gasteiger partial charge in [-0.1, -0.05) is 12.1 Å². The van der Waals surface area contributed by atoms with Crippen LogP contribution in [0.1, 0.15) is 30.4 Å². The number of nitrogens with one attached hydrogen (secondary N) is 1.